The number of nitrogens with one attached hydrogen (secondary N) is 1. The van der Waals surface area contributed by atoms with Crippen LogP contribution in [0.3, 0.4) is 0 Å². The molecule has 21 heavy (non-hydrogen) atoms. The summed E-state index contributed by atoms with van der Waals surface area (Å²) in [5, 5.41) is 22.2. The predicted molar refractivity (Wildman–Crippen MR) is 82.5 cm³/mol. The van der Waals surface area contributed by atoms with Crippen LogP contribution in [0.2, 0.25) is 0 Å². The minimum atomic E-state index is -0.630. The van der Waals surface area contributed by atoms with Gasteiger partial charge in [0, 0.05) is 11.3 Å². The number of nitro groups is 2. The zero-order valence-corrected chi connectivity index (χ0v) is 12.3. The highest BCUT2D eigenvalue weighted by molar-refractivity contribution is 8.01. The van der Waals surface area contributed by atoms with Crippen LogP contribution in [0, 0.1) is 20.2 Å². The fourth-order valence-corrected chi connectivity index (χ4v) is 3.41. The molecular formula is C13H17N3O4S. The smallest absolute Gasteiger partial charge is 0.300 e. The number of rotatable bonds is 5. The predicted octanol–water partition coefficient (Wildman–Crippen LogP) is 4.29. The van der Waals surface area contributed by atoms with Crippen LogP contribution in [0.25, 0.3) is 0 Å². The van der Waals surface area contributed by atoms with Gasteiger partial charge in [0.25, 0.3) is 11.4 Å². The number of non-ortho nitro benzene ring substituents is 1. The van der Waals surface area contributed by atoms with Crippen LogP contribution in [-0.2, 0) is 0 Å². The largest absolute Gasteiger partial charge is 0.324 e. The lowest BCUT2D eigenvalue weighted by Gasteiger charge is -2.14. The molecule has 2 rings (SSSR count). The van der Waals surface area contributed by atoms with Crippen molar-refractivity contribution in [2.45, 2.75) is 43.8 Å². The molecule has 1 fully saturated rings. The molecule has 0 bridgehead atoms. The molecule has 0 aliphatic heterocycles. The number of hydrogen-bond acceptors (Lipinski definition) is 6. The van der Waals surface area contributed by atoms with E-state index in [-0.39, 0.29) is 11.4 Å². The first-order valence-corrected chi connectivity index (χ1v) is 7.80. The van der Waals surface area contributed by atoms with E-state index >= 15 is 0 Å². The lowest BCUT2D eigenvalue weighted by atomic mass is 10.2. The number of nitrogens with zero attached hydrogens (tertiary/aromatic N) is 2. The van der Waals surface area contributed by atoms with E-state index in [1.807, 2.05) is 0 Å². The summed E-state index contributed by atoms with van der Waals surface area (Å²) in [5.41, 5.74) is -0.211. The van der Waals surface area contributed by atoms with Crippen LogP contribution in [0.4, 0.5) is 17.1 Å². The molecule has 7 nitrogen and oxygen atoms in total. The van der Waals surface area contributed by atoms with Gasteiger partial charge in [0.2, 0.25) is 0 Å². The van der Waals surface area contributed by atoms with E-state index in [0.717, 1.165) is 18.9 Å². The topological polar surface area (TPSA) is 98.3 Å². The summed E-state index contributed by atoms with van der Waals surface area (Å²) < 4.78 is 3.01. The first-order chi connectivity index (χ1) is 10.1. The van der Waals surface area contributed by atoms with Crippen molar-refractivity contribution in [3.8, 4) is 0 Å². The van der Waals surface area contributed by atoms with Crippen molar-refractivity contribution in [2.75, 3.05) is 4.72 Å². The van der Waals surface area contributed by atoms with E-state index in [1.165, 1.54) is 49.8 Å². The summed E-state index contributed by atoms with van der Waals surface area (Å²) in [6.07, 6.45) is 7.05. The molecule has 0 spiro atoms. The molecule has 1 saturated carbocycles. The van der Waals surface area contributed by atoms with Gasteiger partial charge in [-0.25, -0.2) is 0 Å². The molecular weight excluding hydrogens is 294 g/mol. The second-order valence-electron chi connectivity index (χ2n) is 5.05. The number of benzene rings is 1. The molecule has 0 aromatic heterocycles. The van der Waals surface area contributed by atoms with Gasteiger partial charge >= 0.3 is 0 Å². The van der Waals surface area contributed by atoms with Gasteiger partial charge in [-0.3, -0.25) is 20.2 Å². The molecule has 0 atom stereocenters. The highest BCUT2D eigenvalue weighted by atomic mass is 32.2. The van der Waals surface area contributed by atoms with E-state index < -0.39 is 9.85 Å². The summed E-state index contributed by atoms with van der Waals surface area (Å²) >= 11 is 1.49. The van der Waals surface area contributed by atoms with E-state index in [0.29, 0.717) is 10.9 Å². The maximum atomic E-state index is 11.0. The van der Waals surface area contributed by atoms with Gasteiger partial charge in [-0.05, 0) is 30.9 Å². The number of nitro benzene ring substituents is 2. The molecule has 8 heteroatoms. The maximum Gasteiger partial charge on any atom is 0.300 e. The molecule has 0 saturated heterocycles. The third-order valence-electron chi connectivity index (χ3n) is 3.53. The van der Waals surface area contributed by atoms with Crippen molar-refractivity contribution >= 4 is 29.0 Å². The summed E-state index contributed by atoms with van der Waals surface area (Å²) in [5.74, 6) is 0. The Morgan fingerprint density at radius 3 is 2.29 bits per heavy atom. The first-order valence-electron chi connectivity index (χ1n) is 6.92. The lowest BCUT2D eigenvalue weighted by Crippen LogP contribution is -2.05. The Morgan fingerprint density at radius 1 is 1.05 bits per heavy atom. The van der Waals surface area contributed by atoms with E-state index in [4.69, 9.17) is 0 Å². The normalized spacial score (nSPS) is 16.2. The van der Waals surface area contributed by atoms with Crippen LogP contribution in [0.1, 0.15) is 38.5 Å². The van der Waals surface area contributed by atoms with Gasteiger partial charge in [0.05, 0.1) is 15.9 Å². The van der Waals surface area contributed by atoms with Crippen molar-refractivity contribution in [1.29, 1.82) is 0 Å². The Hall–Kier alpha value is -1.83. The molecule has 0 unspecified atom stereocenters. The van der Waals surface area contributed by atoms with Crippen molar-refractivity contribution in [3.63, 3.8) is 0 Å². The molecule has 1 aliphatic rings. The average molecular weight is 311 g/mol. The third kappa shape index (κ3) is 4.32. The molecule has 0 heterocycles. The minimum Gasteiger partial charge on any atom is -0.324 e. The molecule has 0 radical (unpaired) electrons. The third-order valence-corrected chi connectivity index (χ3v) is 4.67. The van der Waals surface area contributed by atoms with Crippen LogP contribution >= 0.6 is 11.9 Å². The Bertz CT molecular complexity index is 530. The average Bonchev–Trinajstić information content (AvgIpc) is 2.73. The maximum absolute atomic E-state index is 11.0. The van der Waals surface area contributed by atoms with Crippen LogP contribution < -0.4 is 4.72 Å². The molecule has 1 aromatic rings. The van der Waals surface area contributed by atoms with E-state index in [1.54, 1.807) is 0 Å². The molecule has 0 amide bonds. The Kier molecular flexibility index (Phi) is 5.38. The van der Waals surface area contributed by atoms with Crippen LogP contribution in [-0.4, -0.2) is 15.1 Å². The number of hydrogen-bond donors (Lipinski definition) is 1. The minimum absolute atomic E-state index is 0.259. The van der Waals surface area contributed by atoms with Gasteiger partial charge < -0.3 is 4.72 Å². The van der Waals surface area contributed by atoms with Gasteiger partial charge in [0.15, 0.2) is 0 Å². The SMILES string of the molecule is O=[N+]([O-])c1ccc(NSC2CCCCCC2)c([N+](=O)[O-])c1. The summed E-state index contributed by atoms with van der Waals surface area (Å²) in [6, 6.07) is 3.68. The van der Waals surface area contributed by atoms with Gasteiger partial charge in [-0.15, -0.1) is 0 Å². The molecule has 1 aromatic carbocycles. The fraction of sp³-hybridized carbons (Fsp3) is 0.538. The standard InChI is InChI=1S/C13H17N3O4S/c17-15(18)10-7-8-12(13(9-10)16(19)20)14-21-11-5-3-1-2-4-6-11/h7-9,11,14H,1-6H2. The summed E-state index contributed by atoms with van der Waals surface area (Å²) in [7, 11) is 0. The van der Waals surface area contributed by atoms with Crippen molar-refractivity contribution < 1.29 is 9.85 Å². The van der Waals surface area contributed by atoms with Crippen LogP contribution in [0.5, 0.6) is 0 Å². The van der Waals surface area contributed by atoms with Gasteiger partial charge in [0.1, 0.15) is 5.69 Å². The summed E-state index contributed by atoms with van der Waals surface area (Å²) in [4.78, 5) is 20.5. The number of anilines is 1. The monoisotopic (exact) mass is 311 g/mol. The second-order valence-corrected chi connectivity index (χ2v) is 6.16. The Labute approximate surface area is 126 Å². The van der Waals surface area contributed by atoms with Crippen molar-refractivity contribution in [2.24, 2.45) is 0 Å². The van der Waals surface area contributed by atoms with Crippen molar-refractivity contribution in [1.82, 2.24) is 0 Å². The molecule has 1 aliphatic carbocycles. The first kappa shape index (κ1) is 15.6. The van der Waals surface area contributed by atoms with Gasteiger partial charge in [-0.2, -0.15) is 0 Å². The second kappa shape index (κ2) is 7.26. The quantitative estimate of drug-likeness (QED) is 0.377. The molecule has 114 valence electrons. The lowest BCUT2D eigenvalue weighted by molar-refractivity contribution is -0.393. The van der Waals surface area contributed by atoms with E-state index in [9.17, 15) is 20.2 Å². The van der Waals surface area contributed by atoms with Gasteiger partial charge in [-0.1, -0.05) is 25.7 Å². The Balaban J connectivity index is 2.08. The zero-order valence-electron chi connectivity index (χ0n) is 11.5. The van der Waals surface area contributed by atoms with Crippen LogP contribution in [0.15, 0.2) is 18.2 Å². The fourth-order valence-electron chi connectivity index (χ4n) is 2.38. The molecule has 1 N–H and O–H groups in total. The summed E-state index contributed by atoms with van der Waals surface area (Å²) in [6.45, 7) is 0. The Morgan fingerprint density at radius 2 is 1.71 bits per heavy atom. The highest BCUT2D eigenvalue weighted by Gasteiger charge is 2.21. The van der Waals surface area contributed by atoms with Crippen molar-refractivity contribution in [3.05, 3.63) is 38.4 Å². The van der Waals surface area contributed by atoms with E-state index in [2.05, 4.69) is 4.72 Å². The highest BCUT2D eigenvalue weighted by Crippen LogP contribution is 2.34. The zero-order chi connectivity index (χ0) is 15.2.